The van der Waals surface area contributed by atoms with Gasteiger partial charge in [0.15, 0.2) is 0 Å². The van der Waals surface area contributed by atoms with Gasteiger partial charge in [0.05, 0.1) is 11.6 Å². The van der Waals surface area contributed by atoms with Gasteiger partial charge in [-0.25, -0.2) is 4.39 Å². The highest BCUT2D eigenvalue weighted by molar-refractivity contribution is 9.10. The molecule has 2 rings (SSSR count). The van der Waals surface area contributed by atoms with E-state index in [2.05, 4.69) is 15.9 Å². The summed E-state index contributed by atoms with van der Waals surface area (Å²) >= 11 is 3.18. The maximum Gasteiger partial charge on any atom is 0.311 e. The number of carboxylic acids is 1. The van der Waals surface area contributed by atoms with Gasteiger partial charge in [0.25, 0.3) is 0 Å². The number of benzene rings is 1. The molecule has 1 aliphatic carbocycles. The Hall–Kier alpha value is -1.10. The van der Waals surface area contributed by atoms with Gasteiger partial charge in [-0.15, -0.1) is 0 Å². The summed E-state index contributed by atoms with van der Waals surface area (Å²) in [5.74, 6) is -1.54. The molecule has 0 spiro atoms. The van der Waals surface area contributed by atoms with Crippen LogP contribution in [-0.4, -0.2) is 11.1 Å². The zero-order valence-electron chi connectivity index (χ0n) is 11.9. The molecule has 3 N–H and O–H groups in total. The minimum Gasteiger partial charge on any atom is -0.481 e. The van der Waals surface area contributed by atoms with E-state index in [0.717, 1.165) is 6.42 Å². The Morgan fingerprint density at radius 1 is 1.38 bits per heavy atom. The highest BCUT2D eigenvalue weighted by atomic mass is 79.9. The minimum atomic E-state index is -0.935. The van der Waals surface area contributed by atoms with Gasteiger partial charge in [-0.05, 0) is 52.4 Å². The standard InChI is InChI=1S/C16H21BrFNO2/c17-14-9-11(18)8-13(15(14)19)12(16(20)21)7-6-10-4-2-1-3-5-10/h8-10,12H,1-7,19H2,(H,20,21). The molecule has 0 aromatic heterocycles. The number of nitrogen functional groups attached to an aromatic ring is 1. The molecule has 1 aromatic rings. The van der Waals surface area contributed by atoms with Crippen molar-refractivity contribution in [2.24, 2.45) is 5.92 Å². The zero-order valence-corrected chi connectivity index (χ0v) is 13.5. The first-order chi connectivity index (χ1) is 9.99. The lowest BCUT2D eigenvalue weighted by atomic mass is 9.82. The van der Waals surface area contributed by atoms with E-state index < -0.39 is 17.7 Å². The molecule has 5 heteroatoms. The fourth-order valence-corrected chi connectivity index (χ4v) is 3.63. The number of hydrogen-bond donors (Lipinski definition) is 2. The van der Waals surface area contributed by atoms with Crippen LogP contribution in [0.3, 0.4) is 0 Å². The van der Waals surface area contributed by atoms with E-state index in [1.165, 1.54) is 44.2 Å². The van der Waals surface area contributed by atoms with Crippen molar-refractivity contribution in [3.05, 3.63) is 28.0 Å². The van der Waals surface area contributed by atoms with Crippen LogP contribution in [0.1, 0.15) is 56.4 Å². The highest BCUT2D eigenvalue weighted by Crippen LogP contribution is 2.36. The third kappa shape index (κ3) is 4.19. The molecule has 116 valence electrons. The molecule has 0 amide bonds. The minimum absolute atomic E-state index is 0.326. The number of aliphatic carboxylic acids is 1. The number of carbonyl (C=O) groups is 1. The average molecular weight is 358 g/mol. The Kier molecular flexibility index (Phi) is 5.62. The molecular formula is C16H21BrFNO2. The van der Waals surface area contributed by atoms with E-state index in [9.17, 15) is 14.3 Å². The van der Waals surface area contributed by atoms with Crippen molar-refractivity contribution in [3.8, 4) is 0 Å². The molecule has 1 unspecified atom stereocenters. The third-order valence-electron chi connectivity index (χ3n) is 4.39. The maximum absolute atomic E-state index is 13.5. The number of halogens is 2. The van der Waals surface area contributed by atoms with E-state index in [1.807, 2.05) is 0 Å². The van der Waals surface area contributed by atoms with Crippen LogP contribution in [0.5, 0.6) is 0 Å². The van der Waals surface area contributed by atoms with E-state index >= 15 is 0 Å². The Bertz CT molecular complexity index is 515. The smallest absolute Gasteiger partial charge is 0.311 e. The van der Waals surface area contributed by atoms with Gasteiger partial charge in [-0.3, -0.25) is 4.79 Å². The fourth-order valence-electron chi connectivity index (χ4n) is 3.18. The Morgan fingerprint density at radius 2 is 2.05 bits per heavy atom. The quantitative estimate of drug-likeness (QED) is 0.750. The van der Waals surface area contributed by atoms with E-state index in [0.29, 0.717) is 28.1 Å². The van der Waals surface area contributed by atoms with Crippen LogP contribution in [0.2, 0.25) is 0 Å². The monoisotopic (exact) mass is 357 g/mol. The predicted molar refractivity (Wildman–Crippen MR) is 84.7 cm³/mol. The molecule has 1 saturated carbocycles. The molecule has 1 aliphatic rings. The van der Waals surface area contributed by atoms with Gasteiger partial charge in [-0.2, -0.15) is 0 Å². The van der Waals surface area contributed by atoms with E-state index in [-0.39, 0.29) is 0 Å². The van der Waals surface area contributed by atoms with E-state index in [4.69, 9.17) is 5.73 Å². The summed E-state index contributed by atoms with van der Waals surface area (Å²) in [4.78, 5) is 11.6. The van der Waals surface area contributed by atoms with Crippen LogP contribution in [0.4, 0.5) is 10.1 Å². The van der Waals surface area contributed by atoms with Crippen molar-refractivity contribution in [2.45, 2.75) is 50.9 Å². The van der Waals surface area contributed by atoms with Gasteiger partial charge in [-0.1, -0.05) is 32.1 Å². The van der Waals surface area contributed by atoms with Crippen LogP contribution >= 0.6 is 15.9 Å². The summed E-state index contributed by atoms with van der Waals surface area (Å²) in [6, 6.07) is 2.51. The normalized spacial score (nSPS) is 17.6. The molecule has 1 fully saturated rings. The Balaban J connectivity index is 2.13. The molecule has 0 saturated heterocycles. The lowest BCUT2D eigenvalue weighted by Gasteiger charge is -2.23. The lowest BCUT2D eigenvalue weighted by molar-refractivity contribution is -0.139. The number of nitrogens with two attached hydrogens (primary N) is 1. The lowest BCUT2D eigenvalue weighted by Crippen LogP contribution is -2.16. The Labute approximate surface area is 132 Å². The van der Waals surface area contributed by atoms with Gasteiger partial charge in [0.2, 0.25) is 0 Å². The molecule has 0 heterocycles. The summed E-state index contributed by atoms with van der Waals surface area (Å²) in [6.07, 6.45) is 7.47. The van der Waals surface area contributed by atoms with Gasteiger partial charge in [0.1, 0.15) is 5.82 Å². The van der Waals surface area contributed by atoms with E-state index in [1.54, 1.807) is 0 Å². The second kappa shape index (κ2) is 7.25. The third-order valence-corrected chi connectivity index (χ3v) is 5.04. The first-order valence-electron chi connectivity index (χ1n) is 7.46. The summed E-state index contributed by atoms with van der Waals surface area (Å²) in [5, 5.41) is 9.47. The number of hydrogen-bond acceptors (Lipinski definition) is 2. The van der Waals surface area contributed by atoms with Gasteiger partial charge < -0.3 is 10.8 Å². The number of rotatable bonds is 5. The van der Waals surface area contributed by atoms with Crippen molar-refractivity contribution in [3.63, 3.8) is 0 Å². The molecule has 1 aromatic carbocycles. The summed E-state index contributed by atoms with van der Waals surface area (Å²) in [7, 11) is 0. The molecule has 1 atom stereocenters. The largest absolute Gasteiger partial charge is 0.481 e. The van der Waals surface area contributed by atoms with Crippen LogP contribution < -0.4 is 5.73 Å². The maximum atomic E-state index is 13.5. The molecule has 0 radical (unpaired) electrons. The first kappa shape index (κ1) is 16.3. The molecule has 0 aliphatic heterocycles. The second-order valence-corrected chi connectivity index (χ2v) is 6.72. The second-order valence-electron chi connectivity index (χ2n) is 5.86. The average Bonchev–Trinajstić information content (AvgIpc) is 2.45. The van der Waals surface area contributed by atoms with Crippen molar-refractivity contribution in [1.29, 1.82) is 0 Å². The molecule has 0 bridgehead atoms. The topological polar surface area (TPSA) is 63.3 Å². The number of carboxylic acid groups (broad SMARTS) is 1. The Morgan fingerprint density at radius 3 is 2.67 bits per heavy atom. The molecule has 21 heavy (non-hydrogen) atoms. The number of anilines is 1. The van der Waals surface area contributed by atoms with Crippen LogP contribution in [0, 0.1) is 11.7 Å². The zero-order chi connectivity index (χ0) is 15.4. The van der Waals surface area contributed by atoms with Gasteiger partial charge >= 0.3 is 5.97 Å². The van der Waals surface area contributed by atoms with Crippen molar-refractivity contribution in [1.82, 2.24) is 0 Å². The molecular weight excluding hydrogens is 337 g/mol. The van der Waals surface area contributed by atoms with Crippen molar-refractivity contribution >= 4 is 27.6 Å². The van der Waals surface area contributed by atoms with Crippen LogP contribution in [0.25, 0.3) is 0 Å². The van der Waals surface area contributed by atoms with Crippen LogP contribution in [0.15, 0.2) is 16.6 Å². The van der Waals surface area contributed by atoms with Crippen molar-refractivity contribution < 1.29 is 14.3 Å². The van der Waals surface area contributed by atoms with Crippen LogP contribution in [-0.2, 0) is 4.79 Å². The summed E-state index contributed by atoms with van der Waals surface area (Å²) < 4.78 is 14.0. The highest BCUT2D eigenvalue weighted by Gasteiger charge is 2.25. The van der Waals surface area contributed by atoms with Crippen molar-refractivity contribution in [2.75, 3.05) is 5.73 Å². The molecule has 3 nitrogen and oxygen atoms in total. The summed E-state index contributed by atoms with van der Waals surface area (Å²) in [5.41, 5.74) is 6.63. The first-order valence-corrected chi connectivity index (χ1v) is 8.25. The fraction of sp³-hybridized carbons (Fsp3) is 0.562. The summed E-state index contributed by atoms with van der Waals surface area (Å²) in [6.45, 7) is 0. The van der Waals surface area contributed by atoms with Gasteiger partial charge in [0, 0.05) is 4.47 Å². The SMILES string of the molecule is Nc1c(Br)cc(F)cc1C(CCC1CCCCC1)C(=O)O. The predicted octanol–water partition coefficient (Wildman–Crippen LogP) is 4.70.